The van der Waals surface area contributed by atoms with Crippen molar-refractivity contribution in [3.05, 3.63) is 64.7 Å². The van der Waals surface area contributed by atoms with Crippen LogP contribution < -0.4 is 5.32 Å². The minimum absolute atomic E-state index is 0.279. The first kappa shape index (κ1) is 26.7. The summed E-state index contributed by atoms with van der Waals surface area (Å²) >= 11 is 8.39. The van der Waals surface area contributed by atoms with Crippen molar-refractivity contribution in [1.29, 1.82) is 0 Å². The molecule has 0 bridgehead atoms. The van der Waals surface area contributed by atoms with Crippen molar-refractivity contribution in [2.24, 2.45) is 0 Å². The average Bonchev–Trinajstić information content (AvgIpc) is 2.83. The summed E-state index contributed by atoms with van der Waals surface area (Å²) in [5, 5.41) is 4.12. The van der Waals surface area contributed by atoms with Gasteiger partial charge in [0.15, 0.2) is 0 Å². The lowest BCUT2D eigenvalue weighted by Gasteiger charge is -2.38. The monoisotopic (exact) mass is 508 g/mol. The molecule has 2 N–H and O–H groups in total. The second kappa shape index (κ2) is 14.5. The zero-order chi connectivity index (χ0) is 23.4. The lowest BCUT2D eigenvalue weighted by Crippen LogP contribution is -2.29. The maximum Gasteiger partial charge on any atom is 0.694 e. The Morgan fingerprint density at radius 3 is 2.58 bits per heavy atom. The third-order valence-corrected chi connectivity index (χ3v) is 8.52. The van der Waals surface area contributed by atoms with Crippen molar-refractivity contribution in [2.45, 2.75) is 74.6 Å². The van der Waals surface area contributed by atoms with Crippen LogP contribution in [0, 0.1) is 0 Å². The number of nitrogens with one attached hydrogen (secondary N) is 1. The maximum absolute atomic E-state index is 10.5. The van der Waals surface area contributed by atoms with Gasteiger partial charge in [-0.05, 0) is 73.1 Å². The predicted molar refractivity (Wildman–Crippen MR) is 139 cm³/mol. The molecule has 0 aromatic heterocycles. The topological polar surface area (TPSA) is 58.6 Å². The largest absolute Gasteiger partial charge is 0.694 e. The molecule has 3 rings (SSSR count). The predicted octanol–water partition coefficient (Wildman–Crippen LogP) is 7.65. The van der Waals surface area contributed by atoms with Crippen LogP contribution in [0.4, 0.5) is 0 Å². The van der Waals surface area contributed by atoms with Gasteiger partial charge in [-0.3, -0.25) is 0 Å². The van der Waals surface area contributed by atoms with Crippen LogP contribution in [-0.2, 0) is 21.0 Å². The second-order valence-corrected chi connectivity index (χ2v) is 11.2. The van der Waals surface area contributed by atoms with E-state index in [-0.39, 0.29) is 6.61 Å². The normalized spacial score (nSPS) is 16.0. The van der Waals surface area contributed by atoms with Crippen LogP contribution in [0.5, 0.6) is 0 Å². The summed E-state index contributed by atoms with van der Waals surface area (Å²) in [5.41, 5.74) is 3.07. The van der Waals surface area contributed by atoms with Crippen LogP contribution >= 0.6 is 31.6 Å². The van der Waals surface area contributed by atoms with E-state index in [0.717, 1.165) is 34.3 Å². The Bertz CT molecular complexity index is 862. The highest BCUT2D eigenvalue weighted by Crippen LogP contribution is 2.43. The first-order valence-electron chi connectivity index (χ1n) is 12.1. The van der Waals surface area contributed by atoms with Crippen LogP contribution in [0.25, 0.3) is 0 Å². The number of halogens is 1. The van der Waals surface area contributed by atoms with Gasteiger partial charge >= 0.3 is 8.25 Å². The van der Waals surface area contributed by atoms with Crippen LogP contribution in [0.15, 0.2) is 53.4 Å². The maximum atomic E-state index is 10.5. The van der Waals surface area contributed by atoms with E-state index in [1.54, 1.807) is 5.56 Å². The molecule has 4 nitrogen and oxygen atoms in total. The molecule has 2 aromatic carbocycles. The van der Waals surface area contributed by atoms with E-state index in [1.165, 1.54) is 51.4 Å². The summed E-state index contributed by atoms with van der Waals surface area (Å²) in [6.07, 6.45) is 11.2. The van der Waals surface area contributed by atoms with Crippen LogP contribution in [0.2, 0.25) is 5.02 Å². The molecule has 0 spiro atoms. The van der Waals surface area contributed by atoms with Crippen molar-refractivity contribution in [3.8, 4) is 0 Å². The fraction of sp³-hybridized carbons (Fsp3) is 0.538. The number of hydrogen-bond acceptors (Lipinski definition) is 4. The number of benzene rings is 2. The van der Waals surface area contributed by atoms with Gasteiger partial charge in [0, 0.05) is 16.0 Å². The smallest absolute Gasteiger partial charge is 0.313 e. The van der Waals surface area contributed by atoms with Gasteiger partial charge in [-0.1, -0.05) is 73.7 Å². The molecule has 0 heterocycles. The third kappa shape index (κ3) is 8.98. The minimum Gasteiger partial charge on any atom is -0.313 e. The summed E-state index contributed by atoms with van der Waals surface area (Å²) in [4.78, 5) is 9.75. The molecule has 1 fully saturated rings. The molecule has 1 saturated carbocycles. The quantitative estimate of drug-likeness (QED) is 0.156. The Hall–Kier alpha value is -0.940. The van der Waals surface area contributed by atoms with E-state index in [9.17, 15) is 4.57 Å². The minimum atomic E-state index is -2.50. The molecular weight excluding hydrogens is 473 g/mol. The van der Waals surface area contributed by atoms with Crippen LogP contribution in [0.3, 0.4) is 0 Å². The van der Waals surface area contributed by atoms with Gasteiger partial charge in [0.05, 0.1) is 5.02 Å². The molecule has 1 atom stereocenters. The summed E-state index contributed by atoms with van der Waals surface area (Å²) in [5.74, 6) is 1.09. The Kier molecular flexibility index (Phi) is 11.7. The van der Waals surface area contributed by atoms with Gasteiger partial charge in [0.2, 0.25) is 0 Å². The SMILES string of the molecule is O=[P+](O)OCCCNCc1ccc(SCCCCC2(c3ccccc3)CCCCC2)c(Cl)c1. The number of thioether (sulfide) groups is 1. The molecule has 1 aliphatic rings. The second-order valence-electron chi connectivity index (χ2n) is 8.88. The number of hydrogen-bond donors (Lipinski definition) is 2. The molecule has 0 amide bonds. The molecule has 33 heavy (non-hydrogen) atoms. The zero-order valence-electron chi connectivity index (χ0n) is 19.3. The fourth-order valence-electron chi connectivity index (χ4n) is 4.79. The number of unbranched alkanes of at least 4 members (excludes halogenated alkanes) is 1. The Labute approximate surface area is 208 Å². The van der Waals surface area contributed by atoms with E-state index in [2.05, 4.69) is 52.3 Å². The highest BCUT2D eigenvalue weighted by molar-refractivity contribution is 7.99. The van der Waals surface area contributed by atoms with Crippen molar-refractivity contribution in [1.82, 2.24) is 5.32 Å². The molecule has 1 aliphatic carbocycles. The van der Waals surface area contributed by atoms with Crippen molar-refractivity contribution in [2.75, 3.05) is 18.9 Å². The van der Waals surface area contributed by atoms with E-state index in [1.807, 2.05) is 17.8 Å². The highest BCUT2D eigenvalue weighted by Gasteiger charge is 2.32. The van der Waals surface area contributed by atoms with Gasteiger partial charge in [-0.15, -0.1) is 21.2 Å². The standard InChI is InChI=1S/C26H35ClNO3PS/c27-24-20-22(21-28-17-9-18-31-32(29)30)12-13-25(24)33-19-8-7-16-26(14-5-2-6-15-26)23-10-3-1-4-11-23/h1,3-4,10-13,20,28H,2,5-9,14-19,21H2/p+1. The van der Waals surface area contributed by atoms with E-state index < -0.39 is 8.25 Å². The molecule has 2 aromatic rings. The van der Waals surface area contributed by atoms with Gasteiger partial charge in [-0.25, -0.2) is 0 Å². The van der Waals surface area contributed by atoms with E-state index >= 15 is 0 Å². The van der Waals surface area contributed by atoms with Gasteiger partial charge in [0.25, 0.3) is 0 Å². The third-order valence-electron chi connectivity index (χ3n) is 6.53. The summed E-state index contributed by atoms with van der Waals surface area (Å²) in [6.45, 7) is 1.72. The molecule has 0 saturated heterocycles. The van der Waals surface area contributed by atoms with E-state index in [0.29, 0.717) is 11.8 Å². The van der Waals surface area contributed by atoms with Gasteiger partial charge < -0.3 is 5.32 Å². The molecule has 180 valence electrons. The first-order chi connectivity index (χ1) is 16.1. The summed E-state index contributed by atoms with van der Waals surface area (Å²) < 4.78 is 15.1. The number of rotatable bonds is 14. The molecular formula is C26H36ClNO3PS+. The average molecular weight is 509 g/mol. The van der Waals surface area contributed by atoms with Crippen LogP contribution in [0.1, 0.15) is 68.9 Å². The van der Waals surface area contributed by atoms with Crippen molar-refractivity contribution in [3.63, 3.8) is 0 Å². The zero-order valence-corrected chi connectivity index (χ0v) is 21.8. The highest BCUT2D eigenvalue weighted by atomic mass is 35.5. The van der Waals surface area contributed by atoms with Crippen molar-refractivity contribution >= 4 is 31.6 Å². The summed E-state index contributed by atoms with van der Waals surface area (Å²) in [7, 11) is -2.50. The van der Waals surface area contributed by atoms with E-state index in [4.69, 9.17) is 16.5 Å². The molecule has 0 aliphatic heterocycles. The Morgan fingerprint density at radius 2 is 1.85 bits per heavy atom. The Balaban J connectivity index is 1.38. The summed E-state index contributed by atoms with van der Waals surface area (Å²) in [6, 6.07) is 17.5. The van der Waals surface area contributed by atoms with Crippen LogP contribution in [-0.4, -0.2) is 23.8 Å². The lowest BCUT2D eigenvalue weighted by atomic mass is 9.67. The molecule has 1 unspecified atom stereocenters. The fourth-order valence-corrected chi connectivity index (χ4v) is 6.38. The van der Waals surface area contributed by atoms with Gasteiger partial charge in [-0.2, -0.15) is 0 Å². The first-order valence-corrected chi connectivity index (χ1v) is 14.5. The molecule has 0 radical (unpaired) electrons. The Morgan fingerprint density at radius 1 is 1.06 bits per heavy atom. The van der Waals surface area contributed by atoms with Gasteiger partial charge in [0.1, 0.15) is 6.61 Å². The van der Waals surface area contributed by atoms with Crippen molar-refractivity contribution < 1.29 is 14.0 Å². The lowest BCUT2D eigenvalue weighted by molar-refractivity contribution is 0.268. The molecule has 7 heteroatoms.